The number of carbonyl (C=O) groups excluding carboxylic acids is 1. The number of carboxylic acids is 2. The van der Waals surface area contributed by atoms with Crippen molar-refractivity contribution in [3.8, 4) is 0 Å². The molecule has 2 saturated carbocycles. The third-order valence-electron chi connectivity index (χ3n) is 5.97. The smallest absolute Gasteiger partial charge is 0.307 e. The Bertz CT molecular complexity index is 600. The Balaban J connectivity index is 0.000000206. The van der Waals surface area contributed by atoms with Gasteiger partial charge in [0.05, 0.1) is 25.4 Å². The minimum absolute atomic E-state index is 0.00761. The van der Waals surface area contributed by atoms with Crippen LogP contribution in [-0.2, 0) is 19.1 Å². The number of nitro groups is 1. The predicted octanol–water partition coefficient (Wildman–Crippen LogP) is 1.05. The van der Waals surface area contributed by atoms with Gasteiger partial charge in [0, 0.05) is 29.7 Å². The van der Waals surface area contributed by atoms with E-state index in [2.05, 4.69) is 10.1 Å². The zero-order valence-electron chi connectivity index (χ0n) is 15.3. The van der Waals surface area contributed by atoms with Crippen LogP contribution in [0, 0.1) is 22.0 Å². The van der Waals surface area contributed by atoms with Crippen LogP contribution in [0.25, 0.3) is 0 Å². The van der Waals surface area contributed by atoms with Crippen molar-refractivity contribution in [1.82, 2.24) is 5.32 Å². The molecule has 0 amide bonds. The number of carbonyl (C=O) groups is 3. The van der Waals surface area contributed by atoms with Gasteiger partial charge < -0.3 is 20.3 Å². The predicted molar refractivity (Wildman–Crippen MR) is 91.7 cm³/mol. The standard InChI is InChI=1S/C9H13NO6.C8H13NO2/c1-16-7(11)2-3-9(10(14)15)4-6(5-9)8(12)13;10-7(11)6-4-8(5-6)2-1-3-9-8/h6H,2-5H2,1H3,(H,12,13);6,9H,1-5H2,(H,10,11). The van der Waals surface area contributed by atoms with Gasteiger partial charge in [0.25, 0.3) is 0 Å². The first-order chi connectivity index (χ1) is 12.6. The van der Waals surface area contributed by atoms with Crippen molar-refractivity contribution in [3.63, 3.8) is 0 Å². The average molecular weight is 386 g/mol. The highest BCUT2D eigenvalue weighted by Crippen LogP contribution is 2.44. The number of rotatable bonds is 6. The fraction of sp³-hybridized carbons (Fsp3) is 0.824. The Hall–Kier alpha value is -2.23. The van der Waals surface area contributed by atoms with Gasteiger partial charge in [-0.3, -0.25) is 24.5 Å². The van der Waals surface area contributed by atoms with Gasteiger partial charge in [-0.2, -0.15) is 0 Å². The van der Waals surface area contributed by atoms with E-state index in [1.807, 2.05) is 0 Å². The second-order valence-corrected chi connectivity index (χ2v) is 7.76. The first-order valence-corrected chi connectivity index (χ1v) is 9.05. The first-order valence-electron chi connectivity index (χ1n) is 9.05. The summed E-state index contributed by atoms with van der Waals surface area (Å²) in [6, 6.07) is 0. The van der Waals surface area contributed by atoms with Gasteiger partial charge in [-0.25, -0.2) is 0 Å². The molecular weight excluding hydrogens is 360 g/mol. The fourth-order valence-corrected chi connectivity index (χ4v) is 4.19. The van der Waals surface area contributed by atoms with Crippen LogP contribution in [-0.4, -0.2) is 57.8 Å². The number of aliphatic carboxylic acids is 2. The van der Waals surface area contributed by atoms with E-state index in [4.69, 9.17) is 10.2 Å². The lowest BCUT2D eigenvalue weighted by Crippen LogP contribution is -2.53. The number of hydrogen-bond donors (Lipinski definition) is 3. The van der Waals surface area contributed by atoms with Gasteiger partial charge in [-0.1, -0.05) is 0 Å². The Morgan fingerprint density at radius 2 is 1.70 bits per heavy atom. The molecular formula is C17H26N2O8. The molecule has 10 heteroatoms. The summed E-state index contributed by atoms with van der Waals surface area (Å²) in [5, 5.41) is 31.5. The van der Waals surface area contributed by atoms with Crippen LogP contribution < -0.4 is 5.32 Å². The van der Waals surface area contributed by atoms with E-state index in [0.717, 1.165) is 19.4 Å². The SMILES string of the molecule is COC(=O)CCC1([N+](=O)[O-])CC(C(=O)O)C1.O=C(O)C1CC2(CCCN2)C1. The molecule has 0 unspecified atom stereocenters. The van der Waals surface area contributed by atoms with Gasteiger partial charge in [-0.05, 0) is 32.2 Å². The number of nitrogens with zero attached hydrogens (tertiary/aromatic N) is 1. The highest BCUT2D eigenvalue weighted by Gasteiger charge is 2.57. The van der Waals surface area contributed by atoms with E-state index in [9.17, 15) is 24.5 Å². The van der Waals surface area contributed by atoms with E-state index in [1.54, 1.807) is 0 Å². The maximum atomic E-state index is 10.9. The molecule has 0 radical (unpaired) electrons. The van der Waals surface area contributed by atoms with Crippen LogP contribution in [0.5, 0.6) is 0 Å². The normalized spacial score (nSPS) is 33.8. The summed E-state index contributed by atoms with van der Waals surface area (Å²) in [6.07, 6.45) is 4.06. The van der Waals surface area contributed by atoms with E-state index in [-0.39, 0.29) is 37.1 Å². The van der Waals surface area contributed by atoms with Crippen LogP contribution >= 0.6 is 0 Å². The van der Waals surface area contributed by atoms with Crippen LogP contribution in [0.4, 0.5) is 0 Å². The van der Waals surface area contributed by atoms with Gasteiger partial charge in [0.1, 0.15) is 0 Å². The van der Waals surface area contributed by atoms with Gasteiger partial charge in [-0.15, -0.1) is 0 Å². The quantitative estimate of drug-likeness (QED) is 0.345. The molecule has 3 fully saturated rings. The summed E-state index contributed by atoms with van der Waals surface area (Å²) >= 11 is 0. The third-order valence-corrected chi connectivity index (χ3v) is 5.97. The molecule has 1 saturated heterocycles. The largest absolute Gasteiger partial charge is 0.481 e. The second kappa shape index (κ2) is 8.20. The molecule has 1 aliphatic heterocycles. The molecule has 0 aromatic carbocycles. The van der Waals surface area contributed by atoms with E-state index in [1.165, 1.54) is 20.0 Å². The monoisotopic (exact) mass is 386 g/mol. The number of hydrogen-bond acceptors (Lipinski definition) is 7. The molecule has 3 rings (SSSR count). The molecule has 1 spiro atoms. The highest BCUT2D eigenvalue weighted by molar-refractivity contribution is 5.72. The van der Waals surface area contributed by atoms with E-state index in [0.29, 0.717) is 0 Å². The Morgan fingerprint density at radius 3 is 2.11 bits per heavy atom. The lowest BCUT2D eigenvalue weighted by atomic mass is 9.66. The number of nitrogens with one attached hydrogen (secondary N) is 1. The minimum atomic E-state index is -1.25. The van der Waals surface area contributed by atoms with Crippen molar-refractivity contribution in [2.45, 2.75) is 62.4 Å². The maximum Gasteiger partial charge on any atom is 0.307 e. The van der Waals surface area contributed by atoms with E-state index < -0.39 is 34.3 Å². The van der Waals surface area contributed by atoms with Crippen LogP contribution in [0.2, 0.25) is 0 Å². The maximum absolute atomic E-state index is 10.9. The third kappa shape index (κ3) is 4.74. The molecule has 10 nitrogen and oxygen atoms in total. The summed E-state index contributed by atoms with van der Waals surface area (Å²) < 4.78 is 4.39. The summed E-state index contributed by atoms with van der Waals surface area (Å²) in [7, 11) is 1.21. The molecule has 0 aromatic heterocycles. The topological polar surface area (TPSA) is 156 Å². The van der Waals surface area contributed by atoms with Crippen molar-refractivity contribution < 1.29 is 34.3 Å². The molecule has 1 heterocycles. The van der Waals surface area contributed by atoms with Gasteiger partial charge >= 0.3 is 17.9 Å². The molecule has 27 heavy (non-hydrogen) atoms. The zero-order chi connectivity index (χ0) is 20.2. The van der Waals surface area contributed by atoms with Gasteiger partial charge in [0.15, 0.2) is 0 Å². The van der Waals surface area contributed by atoms with Crippen molar-refractivity contribution >= 4 is 17.9 Å². The number of carboxylic acid groups (broad SMARTS) is 2. The lowest BCUT2D eigenvalue weighted by Gasteiger charge is -2.43. The summed E-state index contributed by atoms with van der Waals surface area (Å²) in [6.45, 7) is 1.08. The zero-order valence-corrected chi connectivity index (χ0v) is 15.3. The van der Waals surface area contributed by atoms with E-state index >= 15 is 0 Å². The number of ether oxygens (including phenoxy) is 1. The number of methoxy groups -OCH3 is 1. The lowest BCUT2D eigenvalue weighted by molar-refractivity contribution is -0.590. The van der Waals surface area contributed by atoms with Gasteiger partial charge in [0.2, 0.25) is 5.54 Å². The summed E-state index contributed by atoms with van der Waals surface area (Å²) in [4.78, 5) is 42.3. The second-order valence-electron chi connectivity index (χ2n) is 7.76. The molecule has 0 atom stereocenters. The van der Waals surface area contributed by atoms with Crippen molar-refractivity contribution in [2.24, 2.45) is 11.8 Å². The van der Waals surface area contributed by atoms with Crippen LogP contribution in [0.1, 0.15) is 51.4 Å². The van der Waals surface area contributed by atoms with Crippen molar-refractivity contribution in [1.29, 1.82) is 0 Å². The molecule has 2 aliphatic carbocycles. The van der Waals surface area contributed by atoms with Crippen LogP contribution in [0.15, 0.2) is 0 Å². The molecule has 3 N–H and O–H groups in total. The molecule has 0 bridgehead atoms. The Labute approximate surface area is 156 Å². The van der Waals surface area contributed by atoms with Crippen molar-refractivity contribution in [3.05, 3.63) is 10.1 Å². The Kier molecular flexibility index (Phi) is 6.40. The summed E-state index contributed by atoms with van der Waals surface area (Å²) in [5.74, 6) is -2.89. The number of esters is 1. The molecule has 3 aliphatic rings. The minimum Gasteiger partial charge on any atom is -0.481 e. The Morgan fingerprint density at radius 1 is 1.15 bits per heavy atom. The molecule has 152 valence electrons. The first kappa shape index (κ1) is 21.1. The summed E-state index contributed by atoms with van der Waals surface area (Å²) in [5.41, 5.74) is -1.01. The molecule has 0 aromatic rings. The highest BCUT2D eigenvalue weighted by atomic mass is 16.6. The van der Waals surface area contributed by atoms with Crippen molar-refractivity contribution in [2.75, 3.05) is 13.7 Å². The fourth-order valence-electron chi connectivity index (χ4n) is 4.19. The average Bonchev–Trinajstić information content (AvgIpc) is 3.01. The van der Waals surface area contributed by atoms with Crippen LogP contribution in [0.3, 0.4) is 0 Å².